The van der Waals surface area contributed by atoms with Gasteiger partial charge in [0.1, 0.15) is 0 Å². The van der Waals surface area contributed by atoms with Crippen molar-refractivity contribution in [3.05, 3.63) is 75.8 Å². The van der Waals surface area contributed by atoms with E-state index < -0.39 is 0 Å². The van der Waals surface area contributed by atoms with E-state index in [1.165, 1.54) is 11.3 Å². The third-order valence-corrected chi connectivity index (χ3v) is 5.41. The highest BCUT2D eigenvalue weighted by Crippen LogP contribution is 2.26. The van der Waals surface area contributed by atoms with Crippen molar-refractivity contribution in [3.8, 4) is 16.9 Å². The predicted octanol–water partition coefficient (Wildman–Crippen LogP) is 4.71. The second-order valence-electron chi connectivity index (χ2n) is 5.74. The molecule has 1 amide bonds. The number of thiazole rings is 1. The molecule has 0 radical (unpaired) electrons. The molecule has 0 saturated carbocycles. The number of nitrogens with one attached hydrogen (secondary N) is 1. The van der Waals surface area contributed by atoms with E-state index in [0.717, 1.165) is 21.4 Å². The number of benzene rings is 2. The summed E-state index contributed by atoms with van der Waals surface area (Å²) in [4.78, 5) is 17.1. The summed E-state index contributed by atoms with van der Waals surface area (Å²) in [5.74, 6) is -0.334. The minimum Gasteiger partial charge on any atom is -0.296 e. The van der Waals surface area contributed by atoms with Gasteiger partial charge in [-0.15, -0.1) is 16.4 Å². The van der Waals surface area contributed by atoms with Crippen LogP contribution in [0, 0.1) is 6.92 Å². The van der Waals surface area contributed by atoms with E-state index in [9.17, 15) is 4.79 Å². The summed E-state index contributed by atoms with van der Waals surface area (Å²) in [5, 5.41) is 13.4. The van der Waals surface area contributed by atoms with E-state index in [0.29, 0.717) is 10.8 Å². The topological polar surface area (TPSA) is 72.7 Å². The van der Waals surface area contributed by atoms with Crippen LogP contribution in [0.1, 0.15) is 16.2 Å². The number of rotatable bonds is 4. The average Bonchev–Trinajstić information content (AvgIpc) is 3.30. The lowest BCUT2D eigenvalue weighted by atomic mass is 10.2. The van der Waals surface area contributed by atoms with Crippen LogP contribution >= 0.6 is 27.3 Å². The number of anilines is 1. The fourth-order valence-electron chi connectivity index (χ4n) is 2.62. The maximum absolute atomic E-state index is 12.6. The highest BCUT2D eigenvalue weighted by Gasteiger charge is 2.19. The summed E-state index contributed by atoms with van der Waals surface area (Å²) >= 11 is 4.87. The molecule has 0 fully saturated rings. The molecule has 0 aliphatic heterocycles. The molecule has 0 atom stereocenters. The van der Waals surface area contributed by atoms with E-state index in [-0.39, 0.29) is 11.6 Å². The quantitative estimate of drug-likeness (QED) is 0.499. The third-order valence-electron chi connectivity index (χ3n) is 3.98. The van der Waals surface area contributed by atoms with E-state index >= 15 is 0 Å². The van der Waals surface area contributed by atoms with Crippen molar-refractivity contribution < 1.29 is 4.79 Å². The van der Waals surface area contributed by atoms with Gasteiger partial charge in [-0.05, 0) is 35.0 Å². The molecule has 27 heavy (non-hydrogen) atoms. The largest absolute Gasteiger partial charge is 0.296 e. The molecule has 4 aromatic rings. The Bertz CT molecular complexity index is 1110. The number of hydrogen-bond acceptors (Lipinski definition) is 5. The Balaban J connectivity index is 1.56. The molecular formula is C19H14BrN5OS. The highest BCUT2D eigenvalue weighted by atomic mass is 79.9. The second-order valence-corrected chi connectivity index (χ2v) is 7.46. The summed E-state index contributed by atoms with van der Waals surface area (Å²) in [5.41, 5.74) is 3.57. The van der Waals surface area contributed by atoms with Crippen LogP contribution in [-0.2, 0) is 0 Å². The van der Waals surface area contributed by atoms with Gasteiger partial charge in [0, 0.05) is 15.4 Å². The lowest BCUT2D eigenvalue weighted by Gasteiger charge is -2.05. The first-order valence-electron chi connectivity index (χ1n) is 8.13. The zero-order valence-corrected chi connectivity index (χ0v) is 16.7. The Morgan fingerprint density at radius 3 is 2.63 bits per heavy atom. The SMILES string of the molecule is Cc1c(C(=O)Nc2nc(-c3ccccc3)cs2)nnn1-c1ccccc1Br. The van der Waals surface area contributed by atoms with Crippen molar-refractivity contribution >= 4 is 38.3 Å². The van der Waals surface area contributed by atoms with E-state index in [1.54, 1.807) is 4.68 Å². The van der Waals surface area contributed by atoms with Gasteiger partial charge >= 0.3 is 0 Å². The minimum absolute atomic E-state index is 0.266. The van der Waals surface area contributed by atoms with Crippen LogP contribution in [-0.4, -0.2) is 25.9 Å². The zero-order chi connectivity index (χ0) is 18.8. The standard InChI is InChI=1S/C19H14BrN5OS/c1-12-17(23-24-25(12)16-10-6-5-9-14(16)20)18(26)22-19-21-15(11-27-19)13-7-3-2-4-8-13/h2-11H,1H3,(H,21,22,26). The number of halogens is 1. The Labute approximate surface area is 168 Å². The smallest absolute Gasteiger partial charge is 0.279 e. The van der Waals surface area contributed by atoms with Crippen molar-refractivity contribution in [2.75, 3.05) is 5.32 Å². The van der Waals surface area contributed by atoms with Crippen molar-refractivity contribution in [1.82, 2.24) is 20.0 Å². The van der Waals surface area contributed by atoms with Crippen LogP contribution in [0.5, 0.6) is 0 Å². The van der Waals surface area contributed by atoms with Crippen LogP contribution in [0.25, 0.3) is 16.9 Å². The molecule has 8 heteroatoms. The summed E-state index contributed by atoms with van der Waals surface area (Å²) in [6, 6.07) is 17.5. The maximum Gasteiger partial charge on any atom is 0.279 e. The molecular weight excluding hydrogens is 426 g/mol. The van der Waals surface area contributed by atoms with Gasteiger partial charge in [0.05, 0.1) is 17.1 Å². The Morgan fingerprint density at radius 1 is 1.11 bits per heavy atom. The molecule has 0 unspecified atom stereocenters. The van der Waals surface area contributed by atoms with Crippen LogP contribution in [0.15, 0.2) is 64.5 Å². The van der Waals surface area contributed by atoms with E-state index in [4.69, 9.17) is 0 Å². The van der Waals surface area contributed by atoms with Crippen molar-refractivity contribution in [3.63, 3.8) is 0 Å². The molecule has 1 N–H and O–H groups in total. The summed E-state index contributed by atoms with van der Waals surface area (Å²) in [6.45, 7) is 1.81. The lowest BCUT2D eigenvalue weighted by molar-refractivity contribution is 0.102. The minimum atomic E-state index is -0.334. The van der Waals surface area contributed by atoms with Gasteiger partial charge in [-0.2, -0.15) is 0 Å². The molecule has 2 aromatic carbocycles. The first-order valence-corrected chi connectivity index (χ1v) is 9.80. The normalized spacial score (nSPS) is 10.7. The molecule has 0 spiro atoms. The average molecular weight is 440 g/mol. The Hall–Kier alpha value is -2.84. The Kier molecular flexibility index (Phi) is 4.83. The predicted molar refractivity (Wildman–Crippen MR) is 109 cm³/mol. The monoisotopic (exact) mass is 439 g/mol. The molecule has 6 nitrogen and oxygen atoms in total. The third kappa shape index (κ3) is 3.54. The van der Waals surface area contributed by atoms with Crippen LogP contribution in [0.3, 0.4) is 0 Å². The first kappa shape index (κ1) is 17.6. The second kappa shape index (κ2) is 7.42. The molecule has 0 bridgehead atoms. The first-order chi connectivity index (χ1) is 13.1. The molecule has 0 aliphatic rings. The van der Waals surface area contributed by atoms with Crippen LogP contribution in [0.2, 0.25) is 0 Å². The number of carbonyl (C=O) groups is 1. The van der Waals surface area contributed by atoms with Gasteiger partial charge in [-0.3, -0.25) is 10.1 Å². The summed E-state index contributed by atoms with van der Waals surface area (Å²) in [6.07, 6.45) is 0. The van der Waals surface area contributed by atoms with Gasteiger partial charge in [-0.25, -0.2) is 9.67 Å². The van der Waals surface area contributed by atoms with E-state index in [2.05, 4.69) is 36.5 Å². The molecule has 2 aromatic heterocycles. The van der Waals surface area contributed by atoms with E-state index in [1.807, 2.05) is 66.9 Å². The van der Waals surface area contributed by atoms with Crippen LogP contribution < -0.4 is 5.32 Å². The fourth-order valence-corrected chi connectivity index (χ4v) is 3.79. The molecule has 2 heterocycles. The van der Waals surface area contributed by atoms with Gasteiger partial charge in [0.25, 0.3) is 5.91 Å². The fraction of sp³-hybridized carbons (Fsp3) is 0.0526. The van der Waals surface area contributed by atoms with Crippen molar-refractivity contribution in [2.24, 2.45) is 0 Å². The van der Waals surface area contributed by atoms with Gasteiger partial charge in [0.15, 0.2) is 10.8 Å². The molecule has 0 aliphatic carbocycles. The van der Waals surface area contributed by atoms with Gasteiger partial charge < -0.3 is 0 Å². The number of para-hydroxylation sites is 1. The zero-order valence-electron chi connectivity index (χ0n) is 14.3. The number of amides is 1. The van der Waals surface area contributed by atoms with Gasteiger partial charge in [0.2, 0.25) is 0 Å². The van der Waals surface area contributed by atoms with Gasteiger partial charge in [-0.1, -0.05) is 47.7 Å². The number of nitrogens with zero attached hydrogens (tertiary/aromatic N) is 4. The number of carbonyl (C=O) groups excluding carboxylic acids is 1. The number of aromatic nitrogens is 4. The maximum atomic E-state index is 12.6. The van der Waals surface area contributed by atoms with Crippen molar-refractivity contribution in [2.45, 2.75) is 6.92 Å². The number of hydrogen-bond donors (Lipinski definition) is 1. The molecule has 4 rings (SSSR count). The lowest BCUT2D eigenvalue weighted by Crippen LogP contribution is -2.14. The highest BCUT2D eigenvalue weighted by molar-refractivity contribution is 9.10. The summed E-state index contributed by atoms with van der Waals surface area (Å²) in [7, 11) is 0. The summed E-state index contributed by atoms with van der Waals surface area (Å²) < 4.78 is 2.51. The molecule has 0 saturated heterocycles. The Morgan fingerprint density at radius 2 is 1.85 bits per heavy atom. The van der Waals surface area contributed by atoms with Crippen LogP contribution in [0.4, 0.5) is 5.13 Å². The molecule has 134 valence electrons. The van der Waals surface area contributed by atoms with Crippen molar-refractivity contribution in [1.29, 1.82) is 0 Å².